The Morgan fingerprint density at radius 2 is 2.12 bits per heavy atom. The van der Waals surface area contributed by atoms with E-state index in [2.05, 4.69) is 28.0 Å². The number of aromatic nitrogens is 2. The molecule has 1 aromatic heterocycles. The van der Waals surface area contributed by atoms with Crippen molar-refractivity contribution in [2.45, 2.75) is 47.1 Å². The molecule has 4 heteroatoms. The van der Waals surface area contributed by atoms with Crippen molar-refractivity contribution in [3.63, 3.8) is 0 Å². The zero-order valence-electron chi connectivity index (χ0n) is 10.4. The van der Waals surface area contributed by atoms with E-state index in [1.54, 1.807) is 10.9 Å². The van der Waals surface area contributed by atoms with Crippen molar-refractivity contribution >= 4 is 21.7 Å². The average Bonchev–Trinajstić information content (AvgIpc) is 2.59. The van der Waals surface area contributed by atoms with Crippen molar-refractivity contribution in [3.8, 4) is 0 Å². The Balaban J connectivity index is 3.12. The summed E-state index contributed by atoms with van der Waals surface area (Å²) in [6, 6.07) is 0. The second-order valence-corrected chi connectivity index (χ2v) is 5.49. The minimum absolute atomic E-state index is 0.160. The standard InChI is InChI=1S/C12H19BrN2O/c1-5-7-15-10(9(13)8-14-15)11(16)12(3,4)6-2/h8H,5-7H2,1-4H3. The van der Waals surface area contributed by atoms with Gasteiger partial charge in [0.2, 0.25) is 0 Å². The fraction of sp³-hybridized carbons (Fsp3) is 0.667. The Labute approximate surface area is 105 Å². The van der Waals surface area contributed by atoms with Gasteiger partial charge in [-0.05, 0) is 28.8 Å². The molecule has 0 saturated carbocycles. The van der Waals surface area contributed by atoms with Gasteiger partial charge in [0.15, 0.2) is 5.78 Å². The zero-order chi connectivity index (χ0) is 12.3. The third kappa shape index (κ3) is 2.54. The topological polar surface area (TPSA) is 34.9 Å². The molecule has 0 unspecified atom stereocenters. The summed E-state index contributed by atoms with van der Waals surface area (Å²) in [5.74, 6) is 0.160. The Morgan fingerprint density at radius 1 is 1.50 bits per heavy atom. The first-order valence-electron chi connectivity index (χ1n) is 5.70. The van der Waals surface area contributed by atoms with E-state index in [0.29, 0.717) is 5.69 Å². The molecular weight excluding hydrogens is 268 g/mol. The van der Waals surface area contributed by atoms with E-state index in [4.69, 9.17) is 0 Å². The number of rotatable bonds is 5. The Kier molecular flexibility index (Phi) is 4.30. The third-order valence-electron chi connectivity index (χ3n) is 2.94. The minimum atomic E-state index is -0.325. The molecule has 3 nitrogen and oxygen atoms in total. The molecule has 0 aromatic carbocycles. The maximum atomic E-state index is 12.4. The van der Waals surface area contributed by atoms with Crippen LogP contribution in [0.1, 0.15) is 51.0 Å². The smallest absolute Gasteiger partial charge is 0.187 e. The van der Waals surface area contributed by atoms with Crippen molar-refractivity contribution in [1.82, 2.24) is 9.78 Å². The number of Topliss-reactive ketones (excluding diaryl/α,β-unsaturated/α-hetero) is 1. The molecule has 0 bridgehead atoms. The average molecular weight is 287 g/mol. The monoisotopic (exact) mass is 286 g/mol. The van der Waals surface area contributed by atoms with Crippen LogP contribution in [0, 0.1) is 5.41 Å². The molecule has 0 aliphatic carbocycles. The molecule has 0 fully saturated rings. The van der Waals surface area contributed by atoms with Crippen LogP contribution in [-0.2, 0) is 6.54 Å². The van der Waals surface area contributed by atoms with Gasteiger partial charge >= 0.3 is 0 Å². The molecule has 90 valence electrons. The summed E-state index contributed by atoms with van der Waals surface area (Å²) in [5.41, 5.74) is 0.377. The number of aryl methyl sites for hydroxylation is 1. The summed E-state index contributed by atoms with van der Waals surface area (Å²) < 4.78 is 2.59. The maximum absolute atomic E-state index is 12.4. The molecule has 0 aliphatic rings. The fourth-order valence-electron chi connectivity index (χ4n) is 1.45. The molecule has 0 amide bonds. The van der Waals surface area contributed by atoms with Crippen LogP contribution in [0.2, 0.25) is 0 Å². The van der Waals surface area contributed by atoms with Gasteiger partial charge in [-0.15, -0.1) is 0 Å². The predicted octanol–water partition coefficient (Wildman–Crippen LogP) is 3.67. The van der Waals surface area contributed by atoms with Crippen LogP contribution in [0.4, 0.5) is 0 Å². The van der Waals surface area contributed by atoms with Crippen molar-refractivity contribution < 1.29 is 4.79 Å². The highest BCUT2D eigenvalue weighted by Gasteiger charge is 2.30. The Bertz CT molecular complexity index is 382. The lowest BCUT2D eigenvalue weighted by Gasteiger charge is -2.21. The molecular formula is C12H19BrN2O. The van der Waals surface area contributed by atoms with E-state index in [-0.39, 0.29) is 11.2 Å². The van der Waals surface area contributed by atoms with E-state index in [1.807, 2.05) is 20.8 Å². The summed E-state index contributed by atoms with van der Waals surface area (Å²) in [5, 5.41) is 4.22. The normalized spacial score (nSPS) is 11.8. The number of hydrogen-bond acceptors (Lipinski definition) is 2. The second-order valence-electron chi connectivity index (χ2n) is 4.63. The van der Waals surface area contributed by atoms with E-state index in [9.17, 15) is 4.79 Å². The largest absolute Gasteiger partial charge is 0.292 e. The number of halogens is 1. The molecule has 0 spiro atoms. The first-order chi connectivity index (χ1) is 7.44. The van der Waals surface area contributed by atoms with Crippen LogP contribution in [0.15, 0.2) is 10.7 Å². The molecule has 0 N–H and O–H groups in total. The summed E-state index contributed by atoms with van der Waals surface area (Å²) in [7, 11) is 0. The van der Waals surface area contributed by atoms with Gasteiger partial charge < -0.3 is 0 Å². The van der Waals surface area contributed by atoms with Gasteiger partial charge in [0.25, 0.3) is 0 Å². The predicted molar refractivity (Wildman–Crippen MR) is 68.6 cm³/mol. The quantitative estimate of drug-likeness (QED) is 0.774. The van der Waals surface area contributed by atoms with Crippen LogP contribution < -0.4 is 0 Å². The molecule has 1 rings (SSSR count). The highest BCUT2D eigenvalue weighted by molar-refractivity contribution is 9.10. The number of hydrogen-bond donors (Lipinski definition) is 0. The molecule has 16 heavy (non-hydrogen) atoms. The molecule has 0 radical (unpaired) electrons. The second kappa shape index (κ2) is 5.13. The third-order valence-corrected chi connectivity index (χ3v) is 3.52. The highest BCUT2D eigenvalue weighted by atomic mass is 79.9. The van der Waals surface area contributed by atoms with Crippen LogP contribution in [-0.4, -0.2) is 15.6 Å². The lowest BCUT2D eigenvalue weighted by atomic mass is 9.84. The van der Waals surface area contributed by atoms with Gasteiger partial charge in [-0.3, -0.25) is 9.48 Å². The molecule has 0 aliphatic heterocycles. The SMILES string of the molecule is CCCn1ncc(Br)c1C(=O)C(C)(C)CC. The van der Waals surface area contributed by atoms with Crippen LogP contribution in [0.25, 0.3) is 0 Å². The van der Waals surface area contributed by atoms with Crippen LogP contribution >= 0.6 is 15.9 Å². The van der Waals surface area contributed by atoms with Gasteiger partial charge in [-0.25, -0.2) is 0 Å². The fourth-order valence-corrected chi connectivity index (χ4v) is 1.93. The van der Waals surface area contributed by atoms with Gasteiger partial charge in [-0.1, -0.05) is 27.7 Å². The van der Waals surface area contributed by atoms with E-state index >= 15 is 0 Å². The number of ketones is 1. The summed E-state index contributed by atoms with van der Waals surface area (Å²) in [6.45, 7) is 8.85. The number of nitrogens with zero attached hydrogens (tertiary/aromatic N) is 2. The van der Waals surface area contributed by atoms with Gasteiger partial charge in [0.05, 0.1) is 10.7 Å². The van der Waals surface area contributed by atoms with Crippen molar-refractivity contribution in [2.75, 3.05) is 0 Å². The maximum Gasteiger partial charge on any atom is 0.187 e. The highest BCUT2D eigenvalue weighted by Crippen LogP contribution is 2.29. The zero-order valence-corrected chi connectivity index (χ0v) is 12.0. The van der Waals surface area contributed by atoms with E-state index in [0.717, 1.165) is 23.9 Å². The molecule has 1 aromatic rings. The van der Waals surface area contributed by atoms with Gasteiger partial charge in [-0.2, -0.15) is 5.10 Å². The number of carbonyl (C=O) groups excluding carboxylic acids is 1. The van der Waals surface area contributed by atoms with Crippen molar-refractivity contribution in [1.29, 1.82) is 0 Å². The lowest BCUT2D eigenvalue weighted by Crippen LogP contribution is -2.26. The summed E-state index contributed by atoms with van der Waals surface area (Å²) >= 11 is 3.41. The Morgan fingerprint density at radius 3 is 2.62 bits per heavy atom. The molecule has 0 saturated heterocycles. The summed E-state index contributed by atoms with van der Waals surface area (Å²) in [6.07, 6.45) is 3.51. The van der Waals surface area contributed by atoms with Crippen molar-refractivity contribution in [3.05, 3.63) is 16.4 Å². The number of carbonyl (C=O) groups is 1. The lowest BCUT2D eigenvalue weighted by molar-refractivity contribution is 0.0820. The molecule has 0 atom stereocenters. The van der Waals surface area contributed by atoms with Gasteiger partial charge in [0.1, 0.15) is 5.69 Å². The van der Waals surface area contributed by atoms with Crippen molar-refractivity contribution in [2.24, 2.45) is 5.41 Å². The summed E-state index contributed by atoms with van der Waals surface area (Å²) in [4.78, 5) is 12.4. The van der Waals surface area contributed by atoms with Gasteiger partial charge in [0, 0.05) is 12.0 Å². The molecule has 1 heterocycles. The van der Waals surface area contributed by atoms with E-state index < -0.39 is 0 Å². The van der Waals surface area contributed by atoms with Crippen LogP contribution in [0.3, 0.4) is 0 Å². The van der Waals surface area contributed by atoms with Crippen LogP contribution in [0.5, 0.6) is 0 Å². The Hall–Kier alpha value is -0.640. The van der Waals surface area contributed by atoms with E-state index in [1.165, 1.54) is 0 Å². The first-order valence-corrected chi connectivity index (χ1v) is 6.49. The minimum Gasteiger partial charge on any atom is -0.292 e. The first kappa shape index (κ1) is 13.4.